The van der Waals surface area contributed by atoms with Crippen LogP contribution in [0.1, 0.15) is 30.1 Å². The van der Waals surface area contributed by atoms with Crippen molar-refractivity contribution in [3.05, 3.63) is 90.3 Å². The van der Waals surface area contributed by atoms with Gasteiger partial charge in [-0.2, -0.15) is 0 Å². The van der Waals surface area contributed by atoms with Gasteiger partial charge < -0.3 is 14.2 Å². The maximum absolute atomic E-state index is 12.9. The van der Waals surface area contributed by atoms with Gasteiger partial charge in [0.2, 0.25) is 5.91 Å². The van der Waals surface area contributed by atoms with Gasteiger partial charge in [-0.05, 0) is 55.3 Å². The third kappa shape index (κ3) is 4.11. The molecule has 0 aliphatic carbocycles. The number of hydrogen-bond acceptors (Lipinski definition) is 3. The van der Waals surface area contributed by atoms with Crippen molar-refractivity contribution in [2.45, 2.75) is 32.2 Å². The number of fused-ring (bicyclic) bond motifs is 1. The predicted octanol–water partition coefficient (Wildman–Crippen LogP) is 5.33. The minimum absolute atomic E-state index is 0.0745. The normalized spacial score (nSPS) is 16.1. The number of aryl methyl sites for hydroxylation is 2. The van der Waals surface area contributed by atoms with Gasteiger partial charge in [0, 0.05) is 31.1 Å². The monoisotopic (exact) mass is 425 g/mol. The van der Waals surface area contributed by atoms with Crippen LogP contribution in [0.3, 0.4) is 0 Å². The number of ether oxygens (including phenoxy) is 1. The van der Waals surface area contributed by atoms with Gasteiger partial charge in [0.05, 0.1) is 17.6 Å². The fourth-order valence-electron chi connectivity index (χ4n) is 4.50. The van der Waals surface area contributed by atoms with Crippen molar-refractivity contribution in [1.82, 2.24) is 9.55 Å². The molecule has 162 valence electrons. The fourth-order valence-corrected chi connectivity index (χ4v) is 4.50. The first kappa shape index (κ1) is 20.3. The van der Waals surface area contributed by atoms with Crippen LogP contribution in [0.4, 0.5) is 5.69 Å². The molecule has 1 aromatic heterocycles. The fraction of sp³-hybridized carbons (Fsp3) is 0.259. The Morgan fingerprint density at radius 2 is 1.81 bits per heavy atom. The summed E-state index contributed by atoms with van der Waals surface area (Å²) in [7, 11) is 0. The van der Waals surface area contributed by atoms with Gasteiger partial charge in [-0.1, -0.05) is 42.5 Å². The number of anilines is 1. The Hall–Kier alpha value is -3.60. The van der Waals surface area contributed by atoms with Crippen molar-refractivity contribution in [2.24, 2.45) is 0 Å². The van der Waals surface area contributed by atoms with Gasteiger partial charge in [0.25, 0.3) is 0 Å². The number of carbonyl (C=O) groups is 1. The summed E-state index contributed by atoms with van der Waals surface area (Å²) >= 11 is 0. The first-order chi connectivity index (χ1) is 15.7. The molecule has 1 fully saturated rings. The summed E-state index contributed by atoms with van der Waals surface area (Å²) in [5.41, 5.74) is 4.22. The number of amides is 1. The Bertz CT molecular complexity index is 1230. The number of hydrogen-bond donors (Lipinski definition) is 0. The SMILES string of the molecule is Cc1cccc(N2CC(c3nc4ccccc4n3CCCOc3ccccc3)CC2=O)c1. The van der Waals surface area contributed by atoms with Gasteiger partial charge in [-0.15, -0.1) is 0 Å². The second-order valence-corrected chi connectivity index (χ2v) is 8.37. The lowest BCUT2D eigenvalue weighted by atomic mass is 10.1. The largest absolute Gasteiger partial charge is 0.494 e. The van der Waals surface area contributed by atoms with Crippen molar-refractivity contribution < 1.29 is 9.53 Å². The molecule has 1 unspecified atom stereocenters. The molecule has 5 nitrogen and oxygen atoms in total. The molecule has 0 bridgehead atoms. The number of imidazole rings is 1. The molecule has 1 saturated heterocycles. The molecule has 3 aromatic carbocycles. The molecule has 32 heavy (non-hydrogen) atoms. The molecule has 5 heteroatoms. The quantitative estimate of drug-likeness (QED) is 0.376. The van der Waals surface area contributed by atoms with Gasteiger partial charge in [0.1, 0.15) is 11.6 Å². The van der Waals surface area contributed by atoms with E-state index in [0.29, 0.717) is 19.6 Å². The maximum Gasteiger partial charge on any atom is 0.227 e. The summed E-state index contributed by atoms with van der Waals surface area (Å²) in [6.45, 7) is 4.15. The van der Waals surface area contributed by atoms with E-state index in [1.807, 2.05) is 65.6 Å². The topological polar surface area (TPSA) is 47.4 Å². The number of aromatic nitrogens is 2. The highest BCUT2D eigenvalue weighted by atomic mass is 16.5. The van der Waals surface area contributed by atoms with Gasteiger partial charge in [0.15, 0.2) is 0 Å². The number of para-hydroxylation sites is 3. The standard InChI is InChI=1S/C27H27N3O2/c1-20-9-7-10-22(17-20)30-19-21(18-26(30)31)27-28-24-13-5-6-14-25(24)29(27)15-8-16-32-23-11-3-2-4-12-23/h2-7,9-14,17,21H,8,15-16,18-19H2,1H3. The lowest BCUT2D eigenvalue weighted by molar-refractivity contribution is -0.117. The molecule has 0 radical (unpaired) electrons. The Balaban J connectivity index is 1.36. The molecular formula is C27H27N3O2. The first-order valence-corrected chi connectivity index (χ1v) is 11.2. The summed E-state index contributed by atoms with van der Waals surface area (Å²) in [5, 5.41) is 0. The Morgan fingerprint density at radius 1 is 1.00 bits per heavy atom. The van der Waals surface area contributed by atoms with Crippen LogP contribution in [0.25, 0.3) is 11.0 Å². The van der Waals surface area contributed by atoms with Crippen molar-refractivity contribution in [3.8, 4) is 5.75 Å². The van der Waals surface area contributed by atoms with Crippen LogP contribution in [0, 0.1) is 6.92 Å². The van der Waals surface area contributed by atoms with E-state index < -0.39 is 0 Å². The van der Waals surface area contributed by atoms with Gasteiger partial charge in [-0.25, -0.2) is 4.98 Å². The highest BCUT2D eigenvalue weighted by molar-refractivity contribution is 5.96. The van der Waals surface area contributed by atoms with Crippen molar-refractivity contribution in [1.29, 1.82) is 0 Å². The van der Waals surface area contributed by atoms with Gasteiger partial charge >= 0.3 is 0 Å². The van der Waals surface area contributed by atoms with E-state index >= 15 is 0 Å². The van der Waals surface area contributed by atoms with Crippen molar-refractivity contribution in [2.75, 3.05) is 18.1 Å². The summed E-state index contributed by atoms with van der Waals surface area (Å²) < 4.78 is 8.17. The number of benzene rings is 3. The molecule has 0 saturated carbocycles. The molecule has 1 aliphatic heterocycles. The highest BCUT2D eigenvalue weighted by Gasteiger charge is 2.34. The molecule has 1 atom stereocenters. The maximum atomic E-state index is 12.9. The zero-order valence-corrected chi connectivity index (χ0v) is 18.3. The zero-order chi connectivity index (χ0) is 21.9. The number of nitrogens with zero attached hydrogens (tertiary/aromatic N) is 3. The van der Waals surface area contributed by atoms with Gasteiger partial charge in [-0.3, -0.25) is 4.79 Å². The predicted molar refractivity (Wildman–Crippen MR) is 127 cm³/mol. The molecular weight excluding hydrogens is 398 g/mol. The summed E-state index contributed by atoms with van der Waals surface area (Å²) in [6.07, 6.45) is 1.35. The van der Waals surface area contributed by atoms with E-state index in [-0.39, 0.29) is 11.8 Å². The third-order valence-electron chi connectivity index (χ3n) is 6.03. The second kappa shape index (κ2) is 8.87. The lowest BCUT2D eigenvalue weighted by Crippen LogP contribution is -2.24. The van der Waals surface area contributed by atoms with Crippen LogP contribution >= 0.6 is 0 Å². The van der Waals surface area contributed by atoms with E-state index in [9.17, 15) is 4.79 Å². The van der Waals surface area contributed by atoms with Crippen LogP contribution in [-0.4, -0.2) is 28.6 Å². The van der Waals surface area contributed by atoms with E-state index in [4.69, 9.17) is 9.72 Å². The Morgan fingerprint density at radius 3 is 2.66 bits per heavy atom. The van der Waals surface area contributed by atoms with Crippen molar-refractivity contribution in [3.63, 3.8) is 0 Å². The first-order valence-electron chi connectivity index (χ1n) is 11.2. The molecule has 1 amide bonds. The summed E-state index contributed by atoms with van der Waals surface area (Å²) in [5.74, 6) is 2.12. The number of rotatable bonds is 7. The minimum atomic E-state index is 0.0745. The third-order valence-corrected chi connectivity index (χ3v) is 6.03. The lowest BCUT2D eigenvalue weighted by Gasteiger charge is -2.18. The summed E-state index contributed by atoms with van der Waals surface area (Å²) in [4.78, 5) is 19.7. The molecule has 5 rings (SSSR count). The van der Waals surface area contributed by atoms with Crippen LogP contribution in [0.15, 0.2) is 78.9 Å². The van der Waals surface area contributed by atoms with Crippen LogP contribution in [0.2, 0.25) is 0 Å². The molecule has 1 aliphatic rings. The second-order valence-electron chi connectivity index (χ2n) is 8.37. The minimum Gasteiger partial charge on any atom is -0.494 e. The number of carbonyl (C=O) groups excluding carboxylic acids is 1. The molecule has 4 aromatic rings. The Kier molecular flexibility index (Phi) is 5.63. The smallest absolute Gasteiger partial charge is 0.227 e. The van der Waals surface area contributed by atoms with Crippen LogP contribution in [0.5, 0.6) is 5.75 Å². The van der Waals surface area contributed by atoms with E-state index in [0.717, 1.165) is 46.8 Å². The zero-order valence-electron chi connectivity index (χ0n) is 18.3. The van der Waals surface area contributed by atoms with Crippen LogP contribution < -0.4 is 9.64 Å². The average molecular weight is 426 g/mol. The average Bonchev–Trinajstić information content (AvgIpc) is 3.38. The van der Waals surface area contributed by atoms with Crippen molar-refractivity contribution >= 4 is 22.6 Å². The molecule has 0 spiro atoms. The van der Waals surface area contributed by atoms with E-state index in [1.54, 1.807) is 0 Å². The Labute approximate surface area is 188 Å². The molecule has 2 heterocycles. The van der Waals surface area contributed by atoms with Crippen LogP contribution in [-0.2, 0) is 11.3 Å². The summed E-state index contributed by atoms with van der Waals surface area (Å²) in [6, 6.07) is 26.3. The molecule has 0 N–H and O–H groups in total. The van der Waals surface area contributed by atoms with E-state index in [2.05, 4.69) is 29.7 Å². The highest BCUT2D eigenvalue weighted by Crippen LogP contribution is 2.33. The van der Waals surface area contributed by atoms with E-state index in [1.165, 1.54) is 0 Å².